The Kier molecular flexibility index (Phi) is 10.5. The highest BCUT2D eigenvalue weighted by Crippen LogP contribution is 2.41. The van der Waals surface area contributed by atoms with Crippen molar-refractivity contribution in [2.45, 2.75) is 40.5 Å². The van der Waals surface area contributed by atoms with Crippen molar-refractivity contribution in [2.75, 3.05) is 7.18 Å². The van der Waals surface area contributed by atoms with Gasteiger partial charge in [-0.1, -0.05) is 94.5 Å². The van der Waals surface area contributed by atoms with Crippen LogP contribution in [0.5, 0.6) is 0 Å². The van der Waals surface area contributed by atoms with Crippen LogP contribution >= 0.6 is 0 Å². The van der Waals surface area contributed by atoms with Crippen LogP contribution in [0.3, 0.4) is 0 Å². The third kappa shape index (κ3) is 6.38. The van der Waals surface area contributed by atoms with Gasteiger partial charge in [-0.2, -0.15) is 0 Å². The van der Waals surface area contributed by atoms with Crippen LogP contribution in [0.25, 0.3) is 23.9 Å². The Morgan fingerprint density at radius 3 is 2.39 bits per heavy atom. The lowest BCUT2D eigenvalue weighted by molar-refractivity contribution is 0.636. The summed E-state index contributed by atoms with van der Waals surface area (Å²) in [4.78, 5) is 18.2. The van der Waals surface area contributed by atoms with Crippen molar-refractivity contribution in [1.82, 2.24) is 9.55 Å². The molecule has 0 spiro atoms. The van der Waals surface area contributed by atoms with E-state index in [1.54, 1.807) is 4.57 Å². The summed E-state index contributed by atoms with van der Waals surface area (Å²) < 4.78 is 11.2. The number of allylic oxidation sites excluding steroid dienone is 7. The molecule has 3 aliphatic carbocycles. The normalized spacial score (nSPS) is 18.8. The van der Waals surface area contributed by atoms with Crippen molar-refractivity contribution in [3.8, 4) is 5.69 Å². The topological polar surface area (TPSA) is 34.9 Å². The summed E-state index contributed by atoms with van der Waals surface area (Å²) in [6.45, 7) is 8.00. The van der Waals surface area contributed by atoms with Gasteiger partial charge < -0.3 is 0 Å². The first-order valence-corrected chi connectivity index (χ1v) is 11.8. The van der Waals surface area contributed by atoms with E-state index in [-0.39, 0.29) is 5.56 Å². The third-order valence-electron chi connectivity index (χ3n) is 5.26. The Labute approximate surface area is 196 Å². The van der Waals surface area contributed by atoms with Gasteiger partial charge in [0.15, 0.2) is 0 Å². The summed E-state index contributed by atoms with van der Waals surface area (Å²) in [5, 5.41) is 1.57. The monoisotopic (exact) mass is 446 g/mol. The highest BCUT2D eigenvalue weighted by atomic mass is 19.1. The number of rotatable bonds is 3. The van der Waals surface area contributed by atoms with Gasteiger partial charge in [-0.25, -0.2) is 4.98 Å². The average Bonchev–Trinajstić information content (AvgIpc) is 3.69. The first-order valence-electron chi connectivity index (χ1n) is 11.8. The van der Waals surface area contributed by atoms with Crippen LogP contribution in [0, 0.1) is 11.8 Å². The molecule has 0 N–H and O–H groups in total. The Hall–Kier alpha value is -3.27. The smallest absolute Gasteiger partial charge is 0.265 e. The van der Waals surface area contributed by atoms with E-state index >= 15 is 0 Å². The van der Waals surface area contributed by atoms with Gasteiger partial charge in [0.05, 0.1) is 23.4 Å². The fraction of sp³-hybridized carbons (Fsp3) is 0.310. The lowest BCUT2D eigenvalue weighted by Crippen LogP contribution is -2.48. The van der Waals surface area contributed by atoms with E-state index in [9.17, 15) is 9.18 Å². The van der Waals surface area contributed by atoms with E-state index in [0.717, 1.165) is 34.7 Å². The van der Waals surface area contributed by atoms with Crippen LogP contribution in [0.4, 0.5) is 4.39 Å². The number of halogens is 1. The number of alkyl halides is 1. The molecule has 4 heteroatoms. The number of hydrogen-bond donors (Lipinski definition) is 0. The Morgan fingerprint density at radius 1 is 0.970 bits per heavy atom. The molecule has 0 amide bonds. The largest absolute Gasteiger partial charge is 0.268 e. The molecule has 2 unspecified atom stereocenters. The molecule has 1 aromatic carbocycles. The molecule has 0 aliphatic heterocycles. The Morgan fingerprint density at radius 2 is 1.67 bits per heavy atom. The molecule has 5 rings (SSSR count). The Balaban J connectivity index is 0.000000597. The van der Waals surface area contributed by atoms with Crippen molar-refractivity contribution in [2.24, 2.45) is 11.8 Å². The maximum Gasteiger partial charge on any atom is 0.265 e. The second kappa shape index (κ2) is 13.3. The molecule has 174 valence electrons. The van der Waals surface area contributed by atoms with Gasteiger partial charge in [-0.05, 0) is 48.5 Å². The first kappa shape index (κ1) is 26.0. The van der Waals surface area contributed by atoms with Crippen LogP contribution < -0.4 is 16.1 Å². The van der Waals surface area contributed by atoms with E-state index in [2.05, 4.69) is 42.5 Å². The quantitative estimate of drug-likeness (QED) is 0.621. The molecule has 1 fully saturated rings. The van der Waals surface area contributed by atoms with Gasteiger partial charge in [-0.3, -0.25) is 13.8 Å². The standard InChI is InChI=1S/C24H20N2O.2C2H6.CH3F/c27-24-21-15-18-14-19(18)16-22(21)25-23(26(24)20-10-6-3-7-11-20)13-12-17-8-4-1-2-5-9-17;3*1-2/h1,3-13,15-16,18-19H,2,14H2;2*1-2H3;1H3/b13-12+;;;. The van der Waals surface area contributed by atoms with E-state index in [0.29, 0.717) is 24.8 Å². The molecule has 3 nitrogen and oxygen atoms in total. The lowest BCUT2D eigenvalue weighted by Gasteiger charge is -2.11. The molecule has 2 atom stereocenters. The van der Waals surface area contributed by atoms with E-state index in [1.165, 1.54) is 0 Å². The van der Waals surface area contributed by atoms with Crippen LogP contribution in [0.2, 0.25) is 0 Å². The zero-order valence-corrected chi connectivity index (χ0v) is 20.3. The van der Waals surface area contributed by atoms with Crippen LogP contribution in [-0.4, -0.2) is 16.7 Å². The molecule has 0 radical (unpaired) electrons. The minimum Gasteiger partial charge on any atom is -0.268 e. The summed E-state index contributed by atoms with van der Waals surface area (Å²) in [6.07, 6.45) is 20.8. The first-order chi connectivity index (χ1) is 16.3. The zero-order chi connectivity index (χ0) is 24.2. The van der Waals surface area contributed by atoms with Crippen molar-refractivity contribution in [3.63, 3.8) is 0 Å². The fourth-order valence-corrected chi connectivity index (χ4v) is 3.70. The summed E-state index contributed by atoms with van der Waals surface area (Å²) >= 11 is 0. The lowest BCUT2D eigenvalue weighted by atomic mass is 10.1. The summed E-state index contributed by atoms with van der Waals surface area (Å²) in [5.41, 5.74) is 1.94. The summed E-state index contributed by atoms with van der Waals surface area (Å²) in [6, 6.07) is 9.75. The molecular formula is C29H35FN2O. The minimum absolute atomic E-state index is 0.0118. The maximum absolute atomic E-state index is 13.3. The van der Waals surface area contributed by atoms with Crippen LogP contribution in [-0.2, 0) is 0 Å². The highest BCUT2D eigenvalue weighted by molar-refractivity contribution is 5.55. The maximum atomic E-state index is 13.3. The predicted molar refractivity (Wildman–Crippen MR) is 139 cm³/mol. The minimum atomic E-state index is 0.0118. The van der Waals surface area contributed by atoms with Crippen molar-refractivity contribution in [1.29, 1.82) is 0 Å². The molecule has 1 saturated carbocycles. The van der Waals surface area contributed by atoms with Crippen LogP contribution in [0.15, 0.2) is 77.2 Å². The molecular weight excluding hydrogens is 411 g/mol. The summed E-state index contributed by atoms with van der Waals surface area (Å²) in [7, 11) is 0.500. The summed E-state index contributed by atoms with van der Waals surface area (Å²) in [5.74, 6) is 1.74. The molecule has 1 aromatic heterocycles. The number of hydrogen-bond acceptors (Lipinski definition) is 2. The van der Waals surface area contributed by atoms with Crippen molar-refractivity contribution < 1.29 is 4.39 Å². The molecule has 0 saturated heterocycles. The predicted octanol–water partition coefficient (Wildman–Crippen LogP) is 5.54. The van der Waals surface area contributed by atoms with Crippen molar-refractivity contribution in [3.05, 3.63) is 99.1 Å². The van der Waals surface area contributed by atoms with E-state index in [1.807, 2.05) is 70.2 Å². The molecule has 33 heavy (non-hydrogen) atoms. The molecule has 2 aromatic rings. The van der Waals surface area contributed by atoms with E-state index in [4.69, 9.17) is 4.98 Å². The van der Waals surface area contributed by atoms with E-state index < -0.39 is 0 Å². The van der Waals surface area contributed by atoms with Crippen molar-refractivity contribution >= 4 is 18.2 Å². The molecule has 3 aliphatic rings. The SMILES string of the molecule is CC.CC.CF.O=c1c2c(nc(/C=C/C3=CC=CCC=C3)n1-c1ccccc1)=CC1CC1C=2. The van der Waals surface area contributed by atoms with Crippen LogP contribution in [0.1, 0.15) is 46.4 Å². The van der Waals surface area contributed by atoms with Gasteiger partial charge in [0, 0.05) is 0 Å². The highest BCUT2D eigenvalue weighted by Gasteiger charge is 2.35. The number of para-hydroxylation sites is 1. The number of nitrogens with zero attached hydrogens (tertiary/aromatic N) is 2. The Bertz CT molecular complexity index is 1200. The van der Waals surface area contributed by atoms with Gasteiger partial charge >= 0.3 is 0 Å². The number of aromatic nitrogens is 2. The molecule has 0 bridgehead atoms. The van der Waals surface area contributed by atoms with Gasteiger partial charge in [-0.15, -0.1) is 0 Å². The van der Waals surface area contributed by atoms with Gasteiger partial charge in [0.25, 0.3) is 5.56 Å². The zero-order valence-electron chi connectivity index (χ0n) is 20.3. The number of benzene rings is 1. The third-order valence-corrected chi connectivity index (χ3v) is 5.26. The van der Waals surface area contributed by atoms with Gasteiger partial charge in [0.1, 0.15) is 5.82 Å². The average molecular weight is 447 g/mol. The second-order valence-electron chi connectivity index (χ2n) is 7.21. The second-order valence-corrected chi connectivity index (χ2v) is 7.21. The number of fused-ring (bicyclic) bond motifs is 2. The molecule has 1 heterocycles. The fourth-order valence-electron chi connectivity index (χ4n) is 3.70. The van der Waals surface area contributed by atoms with Gasteiger partial charge in [0.2, 0.25) is 0 Å².